The number of hydrogen-bond donors (Lipinski definition) is 0. The molecular formula is C11H17N3O2S. The molecular weight excluding hydrogens is 238 g/mol. The third-order valence-corrected chi connectivity index (χ3v) is 3.42. The average Bonchev–Trinajstić information content (AvgIpc) is 2.86. The zero-order valence-corrected chi connectivity index (χ0v) is 11.2. The largest absolute Gasteiger partial charge is 0.444 e. The second-order valence-electron chi connectivity index (χ2n) is 5.19. The van der Waals surface area contributed by atoms with Crippen molar-refractivity contribution in [3.8, 4) is 0 Å². The molecule has 0 bridgehead atoms. The molecule has 0 spiro atoms. The summed E-state index contributed by atoms with van der Waals surface area (Å²) in [6.45, 7) is 7.05. The average molecular weight is 255 g/mol. The van der Waals surface area contributed by atoms with Gasteiger partial charge >= 0.3 is 6.09 Å². The number of carbonyl (C=O) groups is 1. The first-order valence-corrected chi connectivity index (χ1v) is 6.57. The van der Waals surface area contributed by atoms with E-state index < -0.39 is 5.60 Å². The van der Waals surface area contributed by atoms with Crippen molar-refractivity contribution in [2.24, 2.45) is 0 Å². The van der Waals surface area contributed by atoms with Crippen LogP contribution < -0.4 is 0 Å². The van der Waals surface area contributed by atoms with Crippen molar-refractivity contribution in [3.63, 3.8) is 0 Å². The number of ether oxygens (including phenoxy) is 1. The highest BCUT2D eigenvalue weighted by molar-refractivity contribution is 7.09. The van der Waals surface area contributed by atoms with Crippen molar-refractivity contribution in [1.82, 2.24) is 15.1 Å². The second-order valence-corrected chi connectivity index (χ2v) is 6.05. The minimum atomic E-state index is -0.433. The van der Waals surface area contributed by atoms with E-state index in [0.29, 0.717) is 12.5 Å². The van der Waals surface area contributed by atoms with Crippen molar-refractivity contribution in [3.05, 3.63) is 10.5 Å². The Labute approximate surface area is 105 Å². The van der Waals surface area contributed by atoms with Gasteiger partial charge in [0, 0.05) is 19.0 Å². The van der Waals surface area contributed by atoms with Crippen LogP contribution in [0.4, 0.5) is 4.79 Å². The van der Waals surface area contributed by atoms with Crippen molar-refractivity contribution < 1.29 is 9.53 Å². The molecule has 1 aromatic rings. The maximum atomic E-state index is 11.8. The lowest BCUT2D eigenvalue weighted by atomic mass is 10.1. The van der Waals surface area contributed by atoms with Gasteiger partial charge in [0.15, 0.2) is 0 Å². The summed E-state index contributed by atoms with van der Waals surface area (Å²) in [5.41, 5.74) is 1.30. The fourth-order valence-electron chi connectivity index (χ4n) is 1.81. The van der Waals surface area contributed by atoms with E-state index in [9.17, 15) is 4.79 Å². The normalized spacial score (nSPS) is 20.6. The van der Waals surface area contributed by atoms with Crippen molar-refractivity contribution in [2.45, 2.75) is 38.7 Å². The topological polar surface area (TPSA) is 55.3 Å². The minimum absolute atomic E-state index is 0.232. The van der Waals surface area contributed by atoms with E-state index in [1.54, 1.807) is 21.7 Å². The number of nitrogens with zero attached hydrogens (tertiary/aromatic N) is 3. The molecule has 0 aliphatic carbocycles. The quantitative estimate of drug-likeness (QED) is 0.772. The Morgan fingerprint density at radius 2 is 2.35 bits per heavy atom. The molecule has 1 aromatic heterocycles. The zero-order valence-electron chi connectivity index (χ0n) is 10.3. The van der Waals surface area contributed by atoms with Crippen LogP contribution in [0.5, 0.6) is 0 Å². The SMILES string of the molecule is CC(C)(C)OC(=O)N1CCC(c2nncs2)C1. The predicted octanol–water partition coefficient (Wildman–Crippen LogP) is 2.26. The zero-order chi connectivity index (χ0) is 12.5. The molecule has 2 heterocycles. The van der Waals surface area contributed by atoms with Gasteiger partial charge in [0.05, 0.1) is 0 Å². The highest BCUT2D eigenvalue weighted by Crippen LogP contribution is 2.28. The molecule has 1 saturated heterocycles. The molecule has 6 heteroatoms. The van der Waals surface area contributed by atoms with Crippen molar-refractivity contribution in [1.29, 1.82) is 0 Å². The highest BCUT2D eigenvalue weighted by atomic mass is 32.1. The van der Waals surface area contributed by atoms with Gasteiger partial charge in [-0.15, -0.1) is 21.5 Å². The lowest BCUT2D eigenvalue weighted by Crippen LogP contribution is -2.35. The summed E-state index contributed by atoms with van der Waals surface area (Å²) in [5, 5.41) is 8.90. The van der Waals surface area contributed by atoms with Crippen LogP contribution in [-0.4, -0.2) is 39.9 Å². The Morgan fingerprint density at radius 1 is 1.59 bits per heavy atom. The fraction of sp³-hybridized carbons (Fsp3) is 0.727. The molecule has 0 N–H and O–H groups in total. The van der Waals surface area contributed by atoms with Crippen LogP contribution >= 0.6 is 11.3 Å². The Hall–Kier alpha value is -1.17. The first kappa shape index (κ1) is 12.3. The number of aromatic nitrogens is 2. The summed E-state index contributed by atoms with van der Waals surface area (Å²) in [6.07, 6.45) is 0.707. The van der Waals surface area contributed by atoms with Crippen molar-refractivity contribution >= 4 is 17.4 Å². The monoisotopic (exact) mass is 255 g/mol. The molecule has 1 unspecified atom stereocenters. The summed E-state index contributed by atoms with van der Waals surface area (Å²) < 4.78 is 5.34. The van der Waals surface area contributed by atoms with Gasteiger partial charge in [-0.2, -0.15) is 0 Å². The molecule has 5 nitrogen and oxygen atoms in total. The molecule has 1 atom stereocenters. The van der Waals surface area contributed by atoms with Crippen molar-refractivity contribution in [2.75, 3.05) is 13.1 Å². The Morgan fingerprint density at radius 3 is 2.94 bits per heavy atom. The van der Waals surface area contributed by atoms with E-state index in [0.717, 1.165) is 18.0 Å². The number of carbonyl (C=O) groups excluding carboxylic acids is 1. The number of amides is 1. The highest BCUT2D eigenvalue weighted by Gasteiger charge is 2.31. The molecule has 1 fully saturated rings. The maximum Gasteiger partial charge on any atom is 0.410 e. The fourth-order valence-corrected chi connectivity index (χ4v) is 2.50. The summed E-state index contributed by atoms with van der Waals surface area (Å²) >= 11 is 1.55. The van der Waals surface area contributed by atoms with Gasteiger partial charge in [0.2, 0.25) is 0 Å². The molecule has 17 heavy (non-hydrogen) atoms. The van der Waals surface area contributed by atoms with Crippen LogP contribution in [0.25, 0.3) is 0 Å². The molecule has 1 amide bonds. The third kappa shape index (κ3) is 3.15. The van der Waals surface area contributed by atoms with Gasteiger partial charge < -0.3 is 9.64 Å². The van der Waals surface area contributed by atoms with E-state index in [4.69, 9.17) is 4.74 Å². The Bertz CT molecular complexity index is 386. The molecule has 2 rings (SSSR count). The van der Waals surface area contributed by atoms with Gasteiger partial charge in [0.1, 0.15) is 16.1 Å². The number of hydrogen-bond acceptors (Lipinski definition) is 5. The minimum Gasteiger partial charge on any atom is -0.444 e. The van der Waals surface area contributed by atoms with Gasteiger partial charge in [-0.1, -0.05) is 0 Å². The van der Waals surface area contributed by atoms with Crippen LogP contribution in [0.15, 0.2) is 5.51 Å². The second kappa shape index (κ2) is 4.60. The first-order valence-electron chi connectivity index (χ1n) is 5.70. The van der Waals surface area contributed by atoms with E-state index in [1.807, 2.05) is 20.8 Å². The Balaban J connectivity index is 1.92. The van der Waals surface area contributed by atoms with Crippen LogP contribution in [0.1, 0.15) is 38.1 Å². The summed E-state index contributed by atoms with van der Waals surface area (Å²) in [7, 11) is 0. The number of likely N-dealkylation sites (tertiary alicyclic amines) is 1. The van der Waals surface area contributed by atoms with Crippen LogP contribution in [0.2, 0.25) is 0 Å². The molecule has 94 valence electrons. The maximum absolute atomic E-state index is 11.8. The number of rotatable bonds is 1. The van der Waals surface area contributed by atoms with Crippen LogP contribution in [-0.2, 0) is 4.74 Å². The standard InChI is InChI=1S/C11H17N3O2S/c1-11(2,3)16-10(15)14-5-4-8(6-14)9-13-12-7-17-9/h7-8H,4-6H2,1-3H3. The smallest absolute Gasteiger partial charge is 0.410 e. The predicted molar refractivity (Wildman–Crippen MR) is 65.1 cm³/mol. The molecule has 0 radical (unpaired) electrons. The van der Waals surface area contributed by atoms with Gasteiger partial charge in [-0.25, -0.2) is 4.79 Å². The van der Waals surface area contributed by atoms with E-state index in [2.05, 4.69) is 10.2 Å². The molecule has 1 aliphatic rings. The third-order valence-electron chi connectivity index (χ3n) is 2.57. The lowest BCUT2D eigenvalue weighted by molar-refractivity contribution is 0.0292. The van der Waals surface area contributed by atoms with Crippen LogP contribution in [0, 0.1) is 0 Å². The van der Waals surface area contributed by atoms with Gasteiger partial charge in [-0.05, 0) is 27.2 Å². The molecule has 0 aromatic carbocycles. The van der Waals surface area contributed by atoms with Gasteiger partial charge in [-0.3, -0.25) is 0 Å². The van der Waals surface area contributed by atoms with Crippen LogP contribution in [0.3, 0.4) is 0 Å². The van der Waals surface area contributed by atoms with E-state index in [1.165, 1.54) is 0 Å². The lowest BCUT2D eigenvalue weighted by Gasteiger charge is -2.24. The van der Waals surface area contributed by atoms with E-state index in [-0.39, 0.29) is 6.09 Å². The first-order chi connectivity index (χ1) is 7.96. The van der Waals surface area contributed by atoms with Gasteiger partial charge in [0.25, 0.3) is 0 Å². The summed E-state index contributed by atoms with van der Waals surface area (Å²) in [4.78, 5) is 13.6. The molecule has 0 saturated carbocycles. The summed E-state index contributed by atoms with van der Waals surface area (Å²) in [6, 6.07) is 0. The summed E-state index contributed by atoms with van der Waals surface area (Å²) in [5.74, 6) is 0.315. The Kier molecular flexibility index (Phi) is 3.33. The van der Waals surface area contributed by atoms with E-state index >= 15 is 0 Å². The molecule has 1 aliphatic heterocycles.